The smallest absolute Gasteiger partial charge is 0.272 e. The minimum atomic E-state index is 0.0510. The Hall–Kier alpha value is -2.12. The third-order valence-electron chi connectivity index (χ3n) is 4.41. The van der Waals surface area contributed by atoms with E-state index in [1.54, 1.807) is 28.3 Å². The number of benzene rings is 1. The molecule has 3 heterocycles. The molecule has 1 aliphatic rings. The molecule has 1 fully saturated rings. The lowest BCUT2D eigenvalue weighted by atomic mass is 10.3. The van der Waals surface area contributed by atoms with Crippen LogP contribution in [0, 0.1) is 0 Å². The van der Waals surface area contributed by atoms with E-state index in [0.717, 1.165) is 33.5 Å². The number of carbonyl (C=O) groups is 1. The van der Waals surface area contributed by atoms with Gasteiger partial charge in [0.1, 0.15) is 5.69 Å². The molecular weight excluding hydrogens is 358 g/mol. The van der Waals surface area contributed by atoms with Gasteiger partial charge in [0.15, 0.2) is 5.13 Å². The number of fused-ring (bicyclic) bond motifs is 1. The van der Waals surface area contributed by atoms with Crippen molar-refractivity contribution in [2.75, 3.05) is 31.1 Å². The van der Waals surface area contributed by atoms with E-state index in [2.05, 4.69) is 10.00 Å². The van der Waals surface area contributed by atoms with E-state index in [1.807, 2.05) is 30.0 Å². The summed E-state index contributed by atoms with van der Waals surface area (Å²) in [5, 5.41) is 5.90. The fourth-order valence-corrected chi connectivity index (χ4v) is 4.34. The lowest BCUT2D eigenvalue weighted by Gasteiger charge is -2.34. The number of carbonyl (C=O) groups excluding carboxylic acids is 1. The lowest BCUT2D eigenvalue weighted by Crippen LogP contribution is -2.49. The van der Waals surface area contributed by atoms with Crippen LogP contribution >= 0.6 is 22.9 Å². The van der Waals surface area contributed by atoms with Gasteiger partial charge < -0.3 is 9.80 Å². The molecule has 6 nitrogen and oxygen atoms in total. The first-order valence-corrected chi connectivity index (χ1v) is 9.47. The van der Waals surface area contributed by atoms with Crippen LogP contribution in [0.25, 0.3) is 10.2 Å². The molecule has 0 N–H and O–H groups in total. The molecule has 1 saturated heterocycles. The number of nitrogens with zero attached hydrogens (tertiary/aromatic N) is 5. The van der Waals surface area contributed by atoms with Gasteiger partial charge in [0.25, 0.3) is 5.91 Å². The first-order chi connectivity index (χ1) is 12.2. The summed E-state index contributed by atoms with van der Waals surface area (Å²) in [4.78, 5) is 21.5. The average molecular weight is 376 g/mol. The Bertz CT molecular complexity index is 913. The van der Waals surface area contributed by atoms with Gasteiger partial charge in [-0.1, -0.05) is 22.9 Å². The molecule has 2 aromatic heterocycles. The molecule has 4 rings (SSSR count). The molecule has 0 spiro atoms. The predicted octanol–water partition coefficient (Wildman–Crippen LogP) is 3.13. The van der Waals surface area contributed by atoms with E-state index >= 15 is 0 Å². The number of thiazole rings is 1. The third kappa shape index (κ3) is 3.09. The minimum Gasteiger partial charge on any atom is -0.345 e. The molecule has 3 aromatic rings. The van der Waals surface area contributed by atoms with E-state index in [9.17, 15) is 4.79 Å². The molecule has 25 heavy (non-hydrogen) atoms. The van der Waals surface area contributed by atoms with Gasteiger partial charge in [-0.25, -0.2) is 4.98 Å². The molecule has 0 radical (unpaired) electrons. The van der Waals surface area contributed by atoms with Gasteiger partial charge in [-0.2, -0.15) is 5.10 Å². The van der Waals surface area contributed by atoms with Crippen LogP contribution in [0.2, 0.25) is 5.02 Å². The van der Waals surface area contributed by atoms with Crippen LogP contribution < -0.4 is 4.90 Å². The Morgan fingerprint density at radius 2 is 2.04 bits per heavy atom. The molecule has 8 heteroatoms. The van der Waals surface area contributed by atoms with Crippen molar-refractivity contribution in [2.45, 2.75) is 13.5 Å². The van der Waals surface area contributed by atoms with Crippen LogP contribution in [0.5, 0.6) is 0 Å². The fourth-order valence-electron chi connectivity index (χ4n) is 3.05. The summed E-state index contributed by atoms with van der Waals surface area (Å²) in [7, 11) is 0. The maximum absolute atomic E-state index is 12.7. The second-order valence-corrected chi connectivity index (χ2v) is 7.37. The van der Waals surface area contributed by atoms with Crippen molar-refractivity contribution in [3.8, 4) is 0 Å². The standard InChI is InChI=1S/C17H18ClN5OS/c1-2-23-14(5-6-19-23)16(24)21-7-9-22(10-8-21)17-20-13-4-3-12(18)11-15(13)25-17/h3-6,11H,2,7-10H2,1H3. The van der Waals surface area contributed by atoms with Gasteiger partial charge >= 0.3 is 0 Å². The second-order valence-electron chi connectivity index (χ2n) is 5.92. The highest BCUT2D eigenvalue weighted by Crippen LogP contribution is 2.31. The number of anilines is 1. The highest BCUT2D eigenvalue weighted by atomic mass is 35.5. The van der Waals surface area contributed by atoms with Crippen LogP contribution in [0.15, 0.2) is 30.5 Å². The van der Waals surface area contributed by atoms with Crippen molar-refractivity contribution in [3.63, 3.8) is 0 Å². The topological polar surface area (TPSA) is 54.3 Å². The van der Waals surface area contributed by atoms with Crippen molar-refractivity contribution < 1.29 is 4.79 Å². The highest BCUT2D eigenvalue weighted by Gasteiger charge is 2.25. The summed E-state index contributed by atoms with van der Waals surface area (Å²) < 4.78 is 2.83. The first kappa shape index (κ1) is 16.4. The quantitative estimate of drug-likeness (QED) is 0.705. The van der Waals surface area contributed by atoms with Gasteiger partial charge in [-0.05, 0) is 31.2 Å². The Labute approximate surface area is 154 Å². The number of rotatable bonds is 3. The monoisotopic (exact) mass is 375 g/mol. The molecule has 0 bridgehead atoms. The van der Waals surface area contributed by atoms with E-state index in [-0.39, 0.29) is 5.91 Å². The molecule has 1 amide bonds. The Morgan fingerprint density at radius 1 is 1.24 bits per heavy atom. The number of piperazine rings is 1. The summed E-state index contributed by atoms with van der Waals surface area (Å²) in [6.07, 6.45) is 1.68. The molecule has 0 atom stereocenters. The van der Waals surface area contributed by atoms with E-state index in [4.69, 9.17) is 16.6 Å². The third-order valence-corrected chi connectivity index (χ3v) is 5.73. The van der Waals surface area contributed by atoms with Crippen molar-refractivity contribution >= 4 is 44.2 Å². The molecule has 0 unspecified atom stereocenters. The Morgan fingerprint density at radius 3 is 2.80 bits per heavy atom. The molecule has 130 valence electrons. The summed E-state index contributed by atoms with van der Waals surface area (Å²) in [5.74, 6) is 0.0510. The Kier molecular flexibility index (Phi) is 4.35. The molecule has 1 aliphatic heterocycles. The number of hydrogen-bond donors (Lipinski definition) is 0. The molecule has 0 saturated carbocycles. The normalized spacial score (nSPS) is 15.1. The van der Waals surface area contributed by atoms with Crippen LogP contribution in [0.3, 0.4) is 0 Å². The number of hydrogen-bond acceptors (Lipinski definition) is 5. The SMILES string of the molecule is CCn1nccc1C(=O)N1CCN(c2nc3ccc(Cl)cc3s2)CC1. The average Bonchev–Trinajstić information content (AvgIpc) is 3.27. The molecular formula is C17H18ClN5OS. The van der Waals surface area contributed by atoms with Gasteiger partial charge in [0, 0.05) is 43.9 Å². The molecule has 1 aromatic carbocycles. The van der Waals surface area contributed by atoms with E-state index in [1.165, 1.54) is 0 Å². The number of aryl methyl sites for hydroxylation is 1. The number of aromatic nitrogens is 3. The number of halogens is 1. The van der Waals surface area contributed by atoms with Crippen LogP contribution in [0.4, 0.5) is 5.13 Å². The fraction of sp³-hybridized carbons (Fsp3) is 0.353. The maximum Gasteiger partial charge on any atom is 0.272 e. The predicted molar refractivity (Wildman–Crippen MR) is 101 cm³/mol. The van der Waals surface area contributed by atoms with Crippen molar-refractivity contribution in [2.24, 2.45) is 0 Å². The Balaban J connectivity index is 1.46. The van der Waals surface area contributed by atoms with Crippen molar-refractivity contribution in [1.29, 1.82) is 0 Å². The maximum atomic E-state index is 12.7. The summed E-state index contributed by atoms with van der Waals surface area (Å²) >= 11 is 7.70. The molecule has 0 aliphatic carbocycles. The zero-order valence-electron chi connectivity index (χ0n) is 13.9. The van der Waals surface area contributed by atoms with Gasteiger partial charge in [0.2, 0.25) is 0 Å². The van der Waals surface area contributed by atoms with Gasteiger partial charge in [-0.3, -0.25) is 9.48 Å². The van der Waals surface area contributed by atoms with Crippen LogP contribution in [-0.4, -0.2) is 51.8 Å². The van der Waals surface area contributed by atoms with Crippen molar-refractivity contribution in [1.82, 2.24) is 19.7 Å². The van der Waals surface area contributed by atoms with Crippen LogP contribution in [0.1, 0.15) is 17.4 Å². The van der Waals surface area contributed by atoms with E-state index in [0.29, 0.717) is 25.3 Å². The van der Waals surface area contributed by atoms with E-state index < -0.39 is 0 Å². The van der Waals surface area contributed by atoms with Crippen LogP contribution in [-0.2, 0) is 6.54 Å². The summed E-state index contributed by atoms with van der Waals surface area (Å²) in [6.45, 7) is 5.61. The highest BCUT2D eigenvalue weighted by molar-refractivity contribution is 7.22. The first-order valence-electron chi connectivity index (χ1n) is 8.28. The minimum absolute atomic E-state index is 0.0510. The largest absolute Gasteiger partial charge is 0.345 e. The van der Waals surface area contributed by atoms with Gasteiger partial charge in [-0.15, -0.1) is 0 Å². The zero-order chi connectivity index (χ0) is 17.4. The second kappa shape index (κ2) is 6.65. The lowest BCUT2D eigenvalue weighted by molar-refractivity contribution is 0.0734. The zero-order valence-corrected chi connectivity index (χ0v) is 15.4. The van der Waals surface area contributed by atoms with Crippen molar-refractivity contribution in [3.05, 3.63) is 41.2 Å². The summed E-state index contributed by atoms with van der Waals surface area (Å²) in [5.41, 5.74) is 1.63. The summed E-state index contributed by atoms with van der Waals surface area (Å²) in [6, 6.07) is 7.55. The number of amides is 1. The van der Waals surface area contributed by atoms with Gasteiger partial charge in [0.05, 0.1) is 10.2 Å².